The summed E-state index contributed by atoms with van der Waals surface area (Å²) < 4.78 is 31.4. The van der Waals surface area contributed by atoms with Crippen LogP contribution in [0.25, 0.3) is 0 Å². The number of rotatable bonds is 7. The van der Waals surface area contributed by atoms with Crippen molar-refractivity contribution in [3.8, 4) is 0 Å². The Bertz CT molecular complexity index is 444. The van der Waals surface area contributed by atoms with E-state index < -0.39 is 10.0 Å². The Balaban J connectivity index is 2.62. The van der Waals surface area contributed by atoms with Crippen molar-refractivity contribution in [2.45, 2.75) is 22.9 Å². The van der Waals surface area contributed by atoms with Gasteiger partial charge in [-0.2, -0.15) is 0 Å². The third-order valence-corrected chi connectivity index (χ3v) is 5.52. The smallest absolute Gasteiger partial charge is 0.250 e. The number of alkyl halides is 1. The van der Waals surface area contributed by atoms with Crippen LogP contribution >= 0.6 is 22.9 Å². The van der Waals surface area contributed by atoms with Crippen LogP contribution in [0.4, 0.5) is 0 Å². The quantitative estimate of drug-likeness (QED) is 0.781. The highest BCUT2D eigenvalue weighted by atomic mass is 35.5. The molecule has 1 unspecified atom stereocenters. The topological polar surface area (TPSA) is 55.4 Å². The maximum Gasteiger partial charge on any atom is 0.250 e. The van der Waals surface area contributed by atoms with Crippen molar-refractivity contribution < 1.29 is 13.2 Å². The van der Waals surface area contributed by atoms with E-state index in [1.54, 1.807) is 6.07 Å². The van der Waals surface area contributed by atoms with Gasteiger partial charge in [0.05, 0.1) is 12.0 Å². The summed E-state index contributed by atoms with van der Waals surface area (Å²) >= 11 is 7.14. The highest BCUT2D eigenvalue weighted by Gasteiger charge is 2.17. The van der Waals surface area contributed by atoms with Gasteiger partial charge in [-0.3, -0.25) is 0 Å². The van der Waals surface area contributed by atoms with Crippen LogP contribution in [0.1, 0.15) is 11.8 Å². The molecule has 0 radical (unpaired) electrons. The van der Waals surface area contributed by atoms with Crippen molar-refractivity contribution in [3.05, 3.63) is 17.0 Å². The van der Waals surface area contributed by atoms with Crippen LogP contribution in [-0.4, -0.2) is 34.1 Å². The lowest BCUT2D eigenvalue weighted by Gasteiger charge is -2.09. The van der Waals surface area contributed by atoms with E-state index in [1.165, 1.54) is 18.4 Å². The Morgan fingerprint density at radius 2 is 2.24 bits per heavy atom. The lowest BCUT2D eigenvalue weighted by Crippen LogP contribution is -2.31. The number of hydrogen-bond donors (Lipinski definition) is 1. The molecule has 0 aromatic carbocycles. The zero-order valence-corrected chi connectivity index (χ0v) is 12.2. The standard InChI is InChI=1S/C10H16ClNO3S2/c1-3-9-4-5-10(16-9)17(13,14)12-6-8(11)7-15-2/h4-5,8,12H,3,6-7H2,1-2H3. The monoisotopic (exact) mass is 297 g/mol. The maximum absolute atomic E-state index is 11.9. The molecule has 1 aromatic rings. The molecule has 0 saturated heterocycles. The number of nitrogens with one attached hydrogen (secondary N) is 1. The van der Waals surface area contributed by atoms with Crippen molar-refractivity contribution in [1.29, 1.82) is 0 Å². The van der Waals surface area contributed by atoms with Gasteiger partial charge in [0.15, 0.2) is 0 Å². The third-order valence-electron chi connectivity index (χ3n) is 2.09. The molecule has 0 aliphatic rings. The molecule has 0 fully saturated rings. The molecular weight excluding hydrogens is 282 g/mol. The molecular formula is C10H16ClNO3S2. The Labute approximate surface area is 111 Å². The Kier molecular flexibility index (Phi) is 5.88. The molecule has 1 N–H and O–H groups in total. The first-order valence-electron chi connectivity index (χ1n) is 5.21. The highest BCUT2D eigenvalue weighted by Crippen LogP contribution is 2.21. The number of sulfonamides is 1. The average molecular weight is 298 g/mol. The predicted octanol–water partition coefficient (Wildman–Crippen LogP) is 1.84. The van der Waals surface area contributed by atoms with E-state index in [-0.39, 0.29) is 11.9 Å². The molecule has 1 heterocycles. The van der Waals surface area contributed by atoms with Gasteiger partial charge in [-0.05, 0) is 18.6 Å². The van der Waals surface area contributed by atoms with Crippen LogP contribution in [0.15, 0.2) is 16.3 Å². The van der Waals surface area contributed by atoms with Crippen molar-refractivity contribution in [1.82, 2.24) is 4.72 Å². The molecule has 0 spiro atoms. The predicted molar refractivity (Wildman–Crippen MR) is 70.4 cm³/mol. The van der Waals surface area contributed by atoms with Crippen molar-refractivity contribution in [3.63, 3.8) is 0 Å². The second-order valence-electron chi connectivity index (χ2n) is 3.48. The zero-order valence-electron chi connectivity index (χ0n) is 9.77. The number of methoxy groups -OCH3 is 1. The van der Waals surface area contributed by atoms with Crippen molar-refractivity contribution in [2.24, 2.45) is 0 Å². The fraction of sp³-hybridized carbons (Fsp3) is 0.600. The molecule has 98 valence electrons. The van der Waals surface area contributed by atoms with E-state index in [4.69, 9.17) is 16.3 Å². The summed E-state index contributed by atoms with van der Waals surface area (Å²) in [4.78, 5) is 1.05. The van der Waals surface area contributed by atoms with Gasteiger partial charge in [-0.1, -0.05) is 6.92 Å². The van der Waals surface area contributed by atoms with E-state index in [1.807, 2.05) is 13.0 Å². The molecule has 0 aliphatic carbocycles. The molecule has 0 amide bonds. The van der Waals surface area contributed by atoms with Crippen molar-refractivity contribution >= 4 is 33.0 Å². The Morgan fingerprint density at radius 1 is 1.53 bits per heavy atom. The second kappa shape index (κ2) is 6.70. The second-order valence-corrected chi connectivity index (χ2v) is 7.26. The summed E-state index contributed by atoms with van der Waals surface area (Å²) in [5.74, 6) is 0. The van der Waals surface area contributed by atoms with Crippen LogP contribution in [0, 0.1) is 0 Å². The normalized spacial score (nSPS) is 13.8. The minimum Gasteiger partial charge on any atom is -0.383 e. The molecule has 1 rings (SSSR count). The minimum absolute atomic E-state index is 0.164. The summed E-state index contributed by atoms with van der Waals surface area (Å²) in [5, 5.41) is -0.361. The number of ether oxygens (including phenoxy) is 1. The first-order chi connectivity index (χ1) is 7.99. The van der Waals surface area contributed by atoms with Gasteiger partial charge in [-0.15, -0.1) is 22.9 Å². The van der Waals surface area contributed by atoms with E-state index >= 15 is 0 Å². The minimum atomic E-state index is -3.43. The lowest BCUT2D eigenvalue weighted by molar-refractivity contribution is 0.198. The van der Waals surface area contributed by atoms with Gasteiger partial charge in [0.25, 0.3) is 0 Å². The Hall–Kier alpha value is -0.140. The van der Waals surface area contributed by atoms with Crippen LogP contribution in [0.2, 0.25) is 0 Å². The van der Waals surface area contributed by atoms with Gasteiger partial charge < -0.3 is 4.74 Å². The first-order valence-corrected chi connectivity index (χ1v) is 7.94. The highest BCUT2D eigenvalue weighted by molar-refractivity contribution is 7.91. The fourth-order valence-corrected chi connectivity index (χ4v) is 3.92. The lowest BCUT2D eigenvalue weighted by atomic mass is 10.4. The molecule has 1 aromatic heterocycles. The maximum atomic E-state index is 11.9. The molecule has 1 atom stereocenters. The van der Waals surface area contributed by atoms with E-state index in [0.717, 1.165) is 11.3 Å². The summed E-state index contributed by atoms with van der Waals surface area (Å²) in [5.41, 5.74) is 0. The third kappa shape index (κ3) is 4.56. The number of hydrogen-bond acceptors (Lipinski definition) is 4. The summed E-state index contributed by atoms with van der Waals surface area (Å²) in [6.45, 7) is 2.47. The molecule has 17 heavy (non-hydrogen) atoms. The van der Waals surface area contributed by atoms with Crippen LogP contribution in [0.3, 0.4) is 0 Å². The van der Waals surface area contributed by atoms with Gasteiger partial charge in [0.1, 0.15) is 4.21 Å². The number of aryl methyl sites for hydroxylation is 1. The van der Waals surface area contributed by atoms with Gasteiger partial charge >= 0.3 is 0 Å². The van der Waals surface area contributed by atoms with Crippen LogP contribution in [-0.2, 0) is 21.2 Å². The fourth-order valence-electron chi connectivity index (χ4n) is 1.20. The largest absolute Gasteiger partial charge is 0.383 e. The molecule has 0 saturated carbocycles. The summed E-state index contributed by atoms with van der Waals surface area (Å²) in [6, 6.07) is 3.44. The van der Waals surface area contributed by atoms with Crippen molar-refractivity contribution in [2.75, 3.05) is 20.3 Å². The summed E-state index contributed by atoms with van der Waals surface area (Å²) in [7, 11) is -1.91. The molecule has 0 bridgehead atoms. The van der Waals surface area contributed by atoms with Crippen LogP contribution in [0.5, 0.6) is 0 Å². The Morgan fingerprint density at radius 3 is 2.76 bits per heavy atom. The summed E-state index contributed by atoms with van der Waals surface area (Å²) in [6.07, 6.45) is 0.835. The number of thiophene rings is 1. The van der Waals surface area contributed by atoms with Gasteiger partial charge in [0.2, 0.25) is 10.0 Å². The molecule has 7 heteroatoms. The van der Waals surface area contributed by atoms with Crippen LogP contribution < -0.4 is 4.72 Å². The van der Waals surface area contributed by atoms with Gasteiger partial charge in [-0.25, -0.2) is 13.1 Å². The number of halogens is 1. The molecule has 0 aliphatic heterocycles. The van der Waals surface area contributed by atoms with E-state index in [2.05, 4.69) is 4.72 Å². The zero-order chi connectivity index (χ0) is 12.9. The SMILES string of the molecule is CCc1ccc(S(=O)(=O)NCC(Cl)COC)s1. The van der Waals surface area contributed by atoms with Gasteiger partial charge in [0, 0.05) is 18.5 Å². The average Bonchev–Trinajstić information content (AvgIpc) is 2.76. The van der Waals surface area contributed by atoms with E-state index in [9.17, 15) is 8.42 Å². The van der Waals surface area contributed by atoms with E-state index in [0.29, 0.717) is 10.8 Å². The molecule has 4 nitrogen and oxygen atoms in total. The first kappa shape index (κ1) is 14.9.